The Balaban J connectivity index is 2.43. The van der Waals surface area contributed by atoms with Crippen molar-refractivity contribution in [2.45, 2.75) is 6.92 Å². The normalized spacial score (nSPS) is 17.6. The first-order valence-electron chi connectivity index (χ1n) is 4.50. The van der Waals surface area contributed by atoms with Crippen molar-refractivity contribution >= 4 is 17.9 Å². The summed E-state index contributed by atoms with van der Waals surface area (Å²) in [5, 5.41) is 0. The van der Waals surface area contributed by atoms with Crippen molar-refractivity contribution in [2.75, 3.05) is 0 Å². The Labute approximate surface area is 90.1 Å². The summed E-state index contributed by atoms with van der Waals surface area (Å²) in [4.78, 5) is 14.9. The van der Waals surface area contributed by atoms with Gasteiger partial charge in [0.1, 0.15) is 11.6 Å². The molecule has 5 heteroatoms. The van der Waals surface area contributed by atoms with Gasteiger partial charge in [-0.1, -0.05) is 0 Å². The van der Waals surface area contributed by atoms with Crippen molar-refractivity contribution in [1.82, 2.24) is 0 Å². The van der Waals surface area contributed by atoms with E-state index in [2.05, 4.69) is 9.73 Å². The quantitative estimate of drug-likeness (QED) is 0.541. The molecule has 1 heterocycles. The maximum absolute atomic E-state index is 13.2. The number of carbonyl (C=O) groups is 1. The molecule has 1 aromatic carbocycles. The number of esters is 1. The van der Waals surface area contributed by atoms with Crippen LogP contribution in [-0.4, -0.2) is 11.9 Å². The summed E-state index contributed by atoms with van der Waals surface area (Å²) in [7, 11) is 0. The van der Waals surface area contributed by atoms with E-state index in [4.69, 9.17) is 0 Å². The zero-order chi connectivity index (χ0) is 11.7. The van der Waals surface area contributed by atoms with E-state index in [-0.39, 0.29) is 17.2 Å². The molecule has 2 rings (SSSR count). The van der Waals surface area contributed by atoms with E-state index < -0.39 is 17.6 Å². The zero-order valence-corrected chi connectivity index (χ0v) is 8.33. The predicted molar refractivity (Wildman–Crippen MR) is 53.5 cm³/mol. The van der Waals surface area contributed by atoms with Gasteiger partial charge < -0.3 is 4.74 Å². The highest BCUT2D eigenvalue weighted by atomic mass is 19.1. The van der Waals surface area contributed by atoms with Crippen LogP contribution in [0.3, 0.4) is 0 Å². The van der Waals surface area contributed by atoms with Crippen molar-refractivity contribution in [1.29, 1.82) is 0 Å². The summed E-state index contributed by atoms with van der Waals surface area (Å²) < 4.78 is 30.7. The van der Waals surface area contributed by atoms with Crippen LogP contribution in [0.25, 0.3) is 6.08 Å². The van der Waals surface area contributed by atoms with Gasteiger partial charge in [-0.15, -0.1) is 0 Å². The molecule has 0 radical (unpaired) electrons. The van der Waals surface area contributed by atoms with Crippen LogP contribution in [0.1, 0.15) is 12.5 Å². The van der Waals surface area contributed by atoms with Gasteiger partial charge in [-0.25, -0.2) is 18.6 Å². The monoisotopic (exact) mass is 223 g/mol. The number of nitrogens with zero attached hydrogens (tertiary/aromatic N) is 1. The van der Waals surface area contributed by atoms with Crippen LogP contribution in [0.2, 0.25) is 0 Å². The fourth-order valence-corrected chi connectivity index (χ4v) is 1.29. The van der Waals surface area contributed by atoms with Crippen molar-refractivity contribution < 1.29 is 18.3 Å². The molecule has 1 aliphatic heterocycles. The maximum Gasteiger partial charge on any atom is 0.363 e. The Morgan fingerprint density at radius 3 is 2.75 bits per heavy atom. The molecule has 16 heavy (non-hydrogen) atoms. The van der Waals surface area contributed by atoms with E-state index in [9.17, 15) is 13.6 Å². The molecule has 1 aromatic rings. The third-order valence-electron chi connectivity index (χ3n) is 1.98. The second-order valence-electron chi connectivity index (χ2n) is 3.22. The average molecular weight is 223 g/mol. The van der Waals surface area contributed by atoms with Crippen LogP contribution in [0.4, 0.5) is 8.78 Å². The van der Waals surface area contributed by atoms with Crippen LogP contribution in [0, 0.1) is 11.6 Å². The molecule has 0 spiro atoms. The van der Waals surface area contributed by atoms with Gasteiger partial charge >= 0.3 is 5.97 Å². The number of halogens is 2. The lowest BCUT2D eigenvalue weighted by atomic mass is 10.2. The molecule has 0 fully saturated rings. The Bertz CT molecular complexity index is 521. The standard InChI is InChI=1S/C11H7F2NO2/c1-6-14-10(11(15)16-6)5-7-4-8(12)2-3-9(7)13/h2-5H,1H3/b10-5-. The average Bonchev–Trinajstić information content (AvgIpc) is 2.51. The van der Waals surface area contributed by atoms with E-state index in [0.29, 0.717) is 0 Å². The fourth-order valence-electron chi connectivity index (χ4n) is 1.29. The molecule has 0 amide bonds. The van der Waals surface area contributed by atoms with Crippen LogP contribution in [-0.2, 0) is 9.53 Å². The second-order valence-corrected chi connectivity index (χ2v) is 3.22. The fraction of sp³-hybridized carbons (Fsp3) is 0.0909. The molecule has 82 valence electrons. The summed E-state index contributed by atoms with van der Waals surface area (Å²) in [6.07, 6.45) is 1.15. The van der Waals surface area contributed by atoms with E-state index in [0.717, 1.165) is 24.3 Å². The van der Waals surface area contributed by atoms with Gasteiger partial charge in [0.25, 0.3) is 0 Å². The molecule has 0 saturated heterocycles. The lowest BCUT2D eigenvalue weighted by Crippen LogP contribution is -2.00. The molecule has 1 aliphatic rings. The minimum Gasteiger partial charge on any atom is -0.407 e. The van der Waals surface area contributed by atoms with Gasteiger partial charge in [0.2, 0.25) is 0 Å². The number of rotatable bonds is 1. The molecule has 0 unspecified atom stereocenters. The molecule has 0 N–H and O–H groups in total. The molecule has 0 aliphatic carbocycles. The van der Waals surface area contributed by atoms with Gasteiger partial charge in [0.15, 0.2) is 11.6 Å². The van der Waals surface area contributed by atoms with Gasteiger partial charge in [-0.05, 0) is 24.3 Å². The number of benzene rings is 1. The number of carbonyl (C=O) groups excluding carboxylic acids is 1. The van der Waals surface area contributed by atoms with Crippen LogP contribution in [0.5, 0.6) is 0 Å². The highest BCUT2D eigenvalue weighted by molar-refractivity contribution is 6.06. The lowest BCUT2D eigenvalue weighted by molar-refractivity contribution is -0.130. The van der Waals surface area contributed by atoms with E-state index >= 15 is 0 Å². The first kappa shape index (κ1) is 10.5. The van der Waals surface area contributed by atoms with E-state index in [1.807, 2.05) is 0 Å². The molecule has 0 saturated carbocycles. The van der Waals surface area contributed by atoms with E-state index in [1.54, 1.807) is 0 Å². The number of ether oxygens (including phenoxy) is 1. The van der Waals surface area contributed by atoms with Crippen LogP contribution >= 0.6 is 0 Å². The summed E-state index contributed by atoms with van der Waals surface area (Å²) in [6.45, 7) is 1.50. The van der Waals surface area contributed by atoms with Crippen molar-refractivity contribution in [3.63, 3.8) is 0 Å². The Morgan fingerprint density at radius 2 is 2.12 bits per heavy atom. The zero-order valence-electron chi connectivity index (χ0n) is 8.33. The van der Waals surface area contributed by atoms with Gasteiger partial charge in [-0.2, -0.15) is 0 Å². The summed E-state index contributed by atoms with van der Waals surface area (Å²) in [6, 6.07) is 2.97. The maximum atomic E-state index is 13.2. The summed E-state index contributed by atoms with van der Waals surface area (Å²) in [5.41, 5.74) is -0.0765. The van der Waals surface area contributed by atoms with Gasteiger partial charge in [0.05, 0.1) is 0 Å². The number of hydrogen-bond acceptors (Lipinski definition) is 3. The van der Waals surface area contributed by atoms with Crippen LogP contribution < -0.4 is 0 Å². The van der Waals surface area contributed by atoms with Gasteiger partial charge in [0, 0.05) is 12.5 Å². The number of hydrogen-bond donors (Lipinski definition) is 0. The van der Waals surface area contributed by atoms with E-state index in [1.165, 1.54) is 6.92 Å². The SMILES string of the molecule is CC1=N/C(=C\c2cc(F)ccc2F)C(=O)O1. The van der Waals surface area contributed by atoms with Crippen molar-refractivity contribution in [3.05, 3.63) is 41.1 Å². The largest absolute Gasteiger partial charge is 0.407 e. The second kappa shape index (κ2) is 3.84. The first-order valence-corrected chi connectivity index (χ1v) is 4.50. The minimum absolute atomic E-state index is 0.0367. The molecule has 0 atom stereocenters. The van der Waals surface area contributed by atoms with Crippen LogP contribution in [0.15, 0.2) is 28.9 Å². The third kappa shape index (κ3) is 1.98. The third-order valence-corrected chi connectivity index (χ3v) is 1.98. The topological polar surface area (TPSA) is 38.7 Å². The minimum atomic E-state index is -0.666. The lowest BCUT2D eigenvalue weighted by Gasteiger charge is -1.97. The predicted octanol–water partition coefficient (Wildman–Crippen LogP) is 2.28. The van der Waals surface area contributed by atoms with Crippen molar-refractivity contribution in [2.24, 2.45) is 4.99 Å². The molecule has 0 aromatic heterocycles. The Hall–Kier alpha value is -2.04. The highest BCUT2D eigenvalue weighted by Gasteiger charge is 2.20. The smallest absolute Gasteiger partial charge is 0.363 e. The highest BCUT2D eigenvalue weighted by Crippen LogP contribution is 2.18. The van der Waals surface area contributed by atoms with Crippen molar-refractivity contribution in [3.8, 4) is 0 Å². The Kier molecular flexibility index (Phi) is 2.52. The molecular formula is C11H7F2NO2. The van der Waals surface area contributed by atoms with Gasteiger partial charge in [-0.3, -0.25) is 0 Å². The summed E-state index contributed by atoms with van der Waals surface area (Å²) >= 11 is 0. The molecule has 3 nitrogen and oxygen atoms in total. The number of cyclic esters (lactones) is 1. The molecule has 0 bridgehead atoms. The summed E-state index contributed by atoms with van der Waals surface area (Å²) in [5.74, 6) is -1.68. The Morgan fingerprint density at radius 1 is 1.38 bits per heavy atom. The molecular weight excluding hydrogens is 216 g/mol. The first-order chi connectivity index (χ1) is 7.56. The number of aliphatic imine (C=N–C) groups is 1.